The van der Waals surface area contributed by atoms with Crippen LogP contribution in [0.2, 0.25) is 5.02 Å². The number of thioether (sulfide) groups is 1. The molecule has 1 aromatic heterocycles. The molecule has 0 fully saturated rings. The smallest absolute Gasteiger partial charge is 0.262 e. The van der Waals surface area contributed by atoms with Crippen LogP contribution in [0.4, 0.5) is 5.69 Å². The molecule has 0 aliphatic carbocycles. The Balaban J connectivity index is 1.47. The second-order valence-corrected chi connectivity index (χ2v) is 8.06. The molecular formula is C20H23ClN6O2S. The summed E-state index contributed by atoms with van der Waals surface area (Å²) in [5, 5.41) is 18.9. The number of halogens is 1. The van der Waals surface area contributed by atoms with Crippen LogP contribution in [0.5, 0.6) is 5.75 Å². The molecule has 0 saturated heterocycles. The van der Waals surface area contributed by atoms with Crippen LogP contribution in [0.3, 0.4) is 0 Å². The van der Waals surface area contributed by atoms with Crippen LogP contribution >= 0.6 is 23.4 Å². The summed E-state index contributed by atoms with van der Waals surface area (Å²) in [5.74, 6) is 1.21. The van der Waals surface area contributed by atoms with Gasteiger partial charge in [-0.2, -0.15) is 0 Å². The number of carbonyl (C=O) groups is 1. The van der Waals surface area contributed by atoms with Gasteiger partial charge in [0.25, 0.3) is 5.91 Å². The number of hydrogen-bond acceptors (Lipinski definition) is 7. The van der Waals surface area contributed by atoms with Crippen molar-refractivity contribution in [1.82, 2.24) is 25.5 Å². The lowest BCUT2D eigenvalue weighted by molar-refractivity contribution is -0.118. The summed E-state index contributed by atoms with van der Waals surface area (Å²) in [7, 11) is 1.81. The van der Waals surface area contributed by atoms with Crippen molar-refractivity contribution in [3.05, 3.63) is 58.6 Å². The topological polar surface area (TPSA) is 94.0 Å². The number of nitrogens with zero attached hydrogens (tertiary/aromatic N) is 4. The minimum absolute atomic E-state index is 0.0858. The first-order valence-electron chi connectivity index (χ1n) is 9.35. The Hall–Kier alpha value is -2.62. The summed E-state index contributed by atoms with van der Waals surface area (Å²) < 4.78 is 7.37. The Labute approximate surface area is 184 Å². The molecule has 0 unspecified atom stereocenters. The lowest BCUT2D eigenvalue weighted by Gasteiger charge is -2.13. The van der Waals surface area contributed by atoms with Gasteiger partial charge in [0.05, 0.1) is 0 Å². The Bertz CT molecular complexity index is 980. The van der Waals surface area contributed by atoms with Crippen LogP contribution in [-0.2, 0) is 18.4 Å². The maximum atomic E-state index is 12.2. The van der Waals surface area contributed by atoms with Gasteiger partial charge in [0.1, 0.15) is 5.75 Å². The molecule has 3 aromatic rings. The zero-order valence-electron chi connectivity index (χ0n) is 16.8. The van der Waals surface area contributed by atoms with Crippen molar-refractivity contribution in [3.8, 4) is 5.75 Å². The summed E-state index contributed by atoms with van der Waals surface area (Å²) >= 11 is 7.70. The maximum absolute atomic E-state index is 12.2. The highest BCUT2D eigenvalue weighted by molar-refractivity contribution is 7.99. The monoisotopic (exact) mass is 446 g/mol. The average molecular weight is 447 g/mol. The van der Waals surface area contributed by atoms with Gasteiger partial charge < -0.3 is 15.4 Å². The highest BCUT2D eigenvalue weighted by Gasteiger charge is 2.09. The highest BCUT2D eigenvalue weighted by atomic mass is 35.5. The predicted octanol–water partition coefficient (Wildman–Crippen LogP) is 3.07. The Morgan fingerprint density at radius 2 is 2.03 bits per heavy atom. The first-order chi connectivity index (χ1) is 14.5. The third kappa shape index (κ3) is 6.72. The molecular weight excluding hydrogens is 424 g/mol. The van der Waals surface area contributed by atoms with Crippen molar-refractivity contribution >= 4 is 35.0 Å². The maximum Gasteiger partial charge on any atom is 0.262 e. The van der Waals surface area contributed by atoms with Gasteiger partial charge in [-0.25, -0.2) is 4.68 Å². The minimum Gasteiger partial charge on any atom is -0.483 e. The van der Waals surface area contributed by atoms with E-state index in [9.17, 15) is 4.79 Å². The van der Waals surface area contributed by atoms with Crippen LogP contribution in [-0.4, -0.2) is 45.0 Å². The van der Waals surface area contributed by atoms with Crippen LogP contribution in [0, 0.1) is 6.92 Å². The van der Waals surface area contributed by atoms with Crippen molar-refractivity contribution in [3.63, 3.8) is 0 Å². The molecule has 10 heteroatoms. The summed E-state index contributed by atoms with van der Waals surface area (Å²) in [6, 6.07) is 13.0. The highest BCUT2D eigenvalue weighted by Crippen LogP contribution is 2.23. The molecule has 0 atom stereocenters. The normalized spacial score (nSPS) is 10.8. The third-order valence-corrected chi connectivity index (χ3v) is 5.37. The largest absolute Gasteiger partial charge is 0.483 e. The van der Waals surface area contributed by atoms with Crippen molar-refractivity contribution in [2.24, 2.45) is 7.05 Å². The number of carbonyl (C=O) groups excluding carboxylic acids is 1. The van der Waals surface area contributed by atoms with E-state index in [1.807, 2.05) is 37.3 Å². The second kappa shape index (κ2) is 11.0. The summed E-state index contributed by atoms with van der Waals surface area (Å²) in [4.78, 5) is 12.2. The average Bonchev–Trinajstić information content (AvgIpc) is 3.13. The van der Waals surface area contributed by atoms with Crippen molar-refractivity contribution in [2.75, 3.05) is 24.2 Å². The van der Waals surface area contributed by atoms with E-state index in [1.165, 1.54) is 0 Å². The van der Waals surface area contributed by atoms with Gasteiger partial charge in [0.15, 0.2) is 6.61 Å². The van der Waals surface area contributed by atoms with E-state index >= 15 is 0 Å². The summed E-state index contributed by atoms with van der Waals surface area (Å²) in [6.45, 7) is 3.22. The molecule has 0 bridgehead atoms. The lowest BCUT2D eigenvalue weighted by Crippen LogP contribution is -2.21. The quantitative estimate of drug-likeness (QED) is 0.365. The van der Waals surface area contributed by atoms with E-state index in [2.05, 4.69) is 26.2 Å². The molecule has 0 saturated carbocycles. The zero-order chi connectivity index (χ0) is 21.3. The fourth-order valence-electron chi connectivity index (χ4n) is 2.59. The summed E-state index contributed by atoms with van der Waals surface area (Å²) in [6.07, 6.45) is 0. The van der Waals surface area contributed by atoms with E-state index in [0.717, 1.165) is 34.3 Å². The third-order valence-electron chi connectivity index (χ3n) is 4.12. The van der Waals surface area contributed by atoms with Crippen LogP contribution in [0.15, 0.2) is 47.6 Å². The number of tetrazole rings is 1. The number of ether oxygens (including phenoxy) is 1. The van der Waals surface area contributed by atoms with Crippen LogP contribution < -0.4 is 15.4 Å². The standard InChI is InChI=1S/C20H23ClN6O2S/c1-14-3-6-17(7-4-14)23-19(28)13-29-18-8-5-16(21)11-15(18)12-22-9-10-30-20-24-25-26-27(20)2/h3-8,11,22H,9-10,12-13H2,1-2H3,(H,23,28). The van der Waals surface area contributed by atoms with Gasteiger partial charge in [-0.05, 0) is 47.7 Å². The molecule has 1 amide bonds. The van der Waals surface area contributed by atoms with Gasteiger partial charge in [-0.3, -0.25) is 4.79 Å². The lowest BCUT2D eigenvalue weighted by atomic mass is 10.2. The molecule has 30 heavy (non-hydrogen) atoms. The van der Waals surface area contributed by atoms with Gasteiger partial charge in [-0.1, -0.05) is 41.1 Å². The number of aryl methyl sites for hydroxylation is 2. The van der Waals surface area contributed by atoms with Crippen molar-refractivity contribution in [1.29, 1.82) is 0 Å². The number of aromatic nitrogens is 4. The molecule has 0 aliphatic rings. The first-order valence-corrected chi connectivity index (χ1v) is 10.7. The van der Waals surface area contributed by atoms with Crippen LogP contribution in [0.1, 0.15) is 11.1 Å². The Morgan fingerprint density at radius 3 is 2.77 bits per heavy atom. The summed E-state index contributed by atoms with van der Waals surface area (Å²) in [5.41, 5.74) is 2.76. The number of benzene rings is 2. The predicted molar refractivity (Wildman–Crippen MR) is 118 cm³/mol. The second-order valence-electron chi connectivity index (χ2n) is 6.57. The Kier molecular flexibility index (Phi) is 8.06. The SMILES string of the molecule is Cc1ccc(NC(=O)COc2ccc(Cl)cc2CNCCSc2nnnn2C)cc1. The van der Waals surface area contributed by atoms with Crippen molar-refractivity contribution < 1.29 is 9.53 Å². The van der Waals surface area contributed by atoms with E-state index in [1.54, 1.807) is 35.6 Å². The molecule has 8 nitrogen and oxygen atoms in total. The van der Waals surface area contributed by atoms with Gasteiger partial charge in [0, 0.05) is 42.2 Å². The molecule has 0 radical (unpaired) electrons. The van der Waals surface area contributed by atoms with E-state index in [4.69, 9.17) is 16.3 Å². The number of nitrogens with one attached hydrogen (secondary N) is 2. The van der Waals surface area contributed by atoms with Gasteiger partial charge in [-0.15, -0.1) is 5.10 Å². The molecule has 0 aliphatic heterocycles. The van der Waals surface area contributed by atoms with E-state index < -0.39 is 0 Å². The molecule has 1 heterocycles. The van der Waals surface area contributed by atoms with Crippen molar-refractivity contribution in [2.45, 2.75) is 18.6 Å². The number of rotatable bonds is 10. The fraction of sp³-hybridized carbons (Fsp3) is 0.300. The molecule has 2 N–H and O–H groups in total. The Morgan fingerprint density at radius 1 is 1.23 bits per heavy atom. The number of hydrogen-bond donors (Lipinski definition) is 2. The zero-order valence-corrected chi connectivity index (χ0v) is 18.3. The number of amides is 1. The first kappa shape index (κ1) is 22.1. The van der Waals surface area contributed by atoms with E-state index in [-0.39, 0.29) is 12.5 Å². The minimum atomic E-state index is -0.221. The fourth-order valence-corrected chi connectivity index (χ4v) is 3.53. The van der Waals surface area contributed by atoms with Gasteiger partial charge >= 0.3 is 0 Å². The molecule has 3 rings (SSSR count). The molecule has 2 aromatic carbocycles. The molecule has 0 spiro atoms. The molecule has 158 valence electrons. The van der Waals surface area contributed by atoms with Gasteiger partial charge in [0.2, 0.25) is 5.16 Å². The number of anilines is 1. The van der Waals surface area contributed by atoms with Crippen LogP contribution in [0.25, 0.3) is 0 Å². The van der Waals surface area contributed by atoms with E-state index in [0.29, 0.717) is 17.3 Å².